The first-order valence-electron chi connectivity index (χ1n) is 7.12. The van der Waals surface area contributed by atoms with Crippen molar-refractivity contribution in [3.8, 4) is 0 Å². The lowest BCUT2D eigenvalue weighted by molar-refractivity contribution is -0.858. The van der Waals surface area contributed by atoms with Gasteiger partial charge in [0.05, 0.1) is 25.5 Å². The van der Waals surface area contributed by atoms with Gasteiger partial charge in [-0.2, -0.15) is 0 Å². The molecule has 1 rings (SSSR count). The highest BCUT2D eigenvalue weighted by Crippen LogP contribution is 2.14. The SMILES string of the molecule is C[NH+](C)CCCNC(=O)CCNS(=O)(=O)c1ccc(Br)cc1. The lowest BCUT2D eigenvalue weighted by Gasteiger charge is -2.09. The quantitative estimate of drug-likeness (QED) is 0.507. The molecule has 0 unspecified atom stereocenters. The van der Waals surface area contributed by atoms with Crippen LogP contribution in [0.15, 0.2) is 33.6 Å². The maximum absolute atomic E-state index is 12.0. The fourth-order valence-electron chi connectivity index (χ4n) is 1.75. The first-order valence-corrected chi connectivity index (χ1v) is 9.40. The van der Waals surface area contributed by atoms with E-state index in [1.54, 1.807) is 12.1 Å². The van der Waals surface area contributed by atoms with Crippen molar-refractivity contribution in [3.05, 3.63) is 28.7 Å². The van der Waals surface area contributed by atoms with Gasteiger partial charge in [0.2, 0.25) is 15.9 Å². The maximum atomic E-state index is 12.0. The largest absolute Gasteiger partial charge is 0.356 e. The van der Waals surface area contributed by atoms with E-state index in [2.05, 4.69) is 40.1 Å². The first-order chi connectivity index (χ1) is 10.3. The van der Waals surface area contributed by atoms with Crippen molar-refractivity contribution >= 4 is 31.9 Å². The Kier molecular flexibility index (Phi) is 8.02. The topological polar surface area (TPSA) is 79.7 Å². The minimum Gasteiger partial charge on any atom is -0.356 e. The van der Waals surface area contributed by atoms with Crippen LogP contribution in [-0.2, 0) is 14.8 Å². The standard InChI is InChI=1S/C14H22BrN3O3S/c1-18(2)11-3-9-16-14(19)8-10-17-22(20,21)13-6-4-12(15)5-7-13/h4-7,17H,3,8-11H2,1-2H3,(H,16,19)/p+1. The third-order valence-corrected chi connectivity index (χ3v) is 4.95. The highest BCUT2D eigenvalue weighted by molar-refractivity contribution is 9.10. The van der Waals surface area contributed by atoms with Gasteiger partial charge in [-0.1, -0.05) is 15.9 Å². The van der Waals surface area contributed by atoms with Crippen molar-refractivity contribution in [2.24, 2.45) is 0 Å². The fraction of sp³-hybridized carbons (Fsp3) is 0.500. The van der Waals surface area contributed by atoms with Gasteiger partial charge in [0.15, 0.2) is 0 Å². The maximum Gasteiger partial charge on any atom is 0.240 e. The molecule has 6 nitrogen and oxygen atoms in total. The monoisotopic (exact) mass is 392 g/mol. The second-order valence-electron chi connectivity index (χ2n) is 5.26. The van der Waals surface area contributed by atoms with E-state index in [9.17, 15) is 13.2 Å². The fourth-order valence-corrected chi connectivity index (χ4v) is 3.05. The number of sulfonamides is 1. The summed E-state index contributed by atoms with van der Waals surface area (Å²) in [7, 11) is 0.545. The summed E-state index contributed by atoms with van der Waals surface area (Å²) in [5.74, 6) is -0.146. The summed E-state index contributed by atoms with van der Waals surface area (Å²) in [6.07, 6.45) is 1.03. The van der Waals surface area contributed by atoms with Gasteiger partial charge >= 0.3 is 0 Å². The molecule has 0 fully saturated rings. The molecule has 0 aromatic heterocycles. The number of benzene rings is 1. The van der Waals surface area contributed by atoms with E-state index < -0.39 is 10.0 Å². The van der Waals surface area contributed by atoms with Crippen LogP contribution in [0.4, 0.5) is 0 Å². The summed E-state index contributed by atoms with van der Waals surface area (Å²) in [4.78, 5) is 13.1. The Morgan fingerprint density at radius 3 is 2.41 bits per heavy atom. The molecule has 0 aliphatic rings. The second kappa shape index (κ2) is 9.24. The number of amides is 1. The molecule has 0 saturated heterocycles. The molecule has 22 heavy (non-hydrogen) atoms. The van der Waals surface area contributed by atoms with E-state index in [1.165, 1.54) is 17.0 Å². The predicted octanol–water partition coefficient (Wildman–Crippen LogP) is -0.232. The number of nitrogens with one attached hydrogen (secondary N) is 3. The van der Waals surface area contributed by atoms with Gasteiger partial charge < -0.3 is 10.2 Å². The van der Waals surface area contributed by atoms with Gasteiger partial charge in [0.1, 0.15) is 0 Å². The molecule has 1 amide bonds. The Balaban J connectivity index is 2.30. The van der Waals surface area contributed by atoms with Gasteiger partial charge in [-0.25, -0.2) is 13.1 Å². The summed E-state index contributed by atoms with van der Waals surface area (Å²) in [6.45, 7) is 1.68. The number of carbonyl (C=O) groups is 1. The van der Waals surface area contributed by atoms with Crippen LogP contribution in [0.2, 0.25) is 0 Å². The van der Waals surface area contributed by atoms with Gasteiger partial charge in [-0.3, -0.25) is 4.79 Å². The highest BCUT2D eigenvalue weighted by Gasteiger charge is 2.13. The molecule has 0 radical (unpaired) electrons. The normalized spacial score (nSPS) is 11.6. The summed E-state index contributed by atoms with van der Waals surface area (Å²) >= 11 is 3.25. The molecule has 124 valence electrons. The molecule has 0 aliphatic heterocycles. The Morgan fingerprint density at radius 1 is 1.18 bits per heavy atom. The van der Waals surface area contributed by atoms with Crippen molar-refractivity contribution in [2.75, 3.05) is 33.7 Å². The molecule has 3 N–H and O–H groups in total. The van der Waals surface area contributed by atoms with E-state index in [0.29, 0.717) is 6.54 Å². The van der Waals surface area contributed by atoms with Gasteiger partial charge in [-0.15, -0.1) is 0 Å². The Morgan fingerprint density at radius 2 is 1.82 bits per heavy atom. The molecule has 1 aromatic rings. The zero-order valence-electron chi connectivity index (χ0n) is 12.9. The molecule has 0 saturated carbocycles. The minimum atomic E-state index is -3.56. The van der Waals surface area contributed by atoms with Crippen molar-refractivity contribution in [1.29, 1.82) is 0 Å². The van der Waals surface area contributed by atoms with Gasteiger partial charge in [-0.05, 0) is 24.3 Å². The summed E-state index contributed by atoms with van der Waals surface area (Å²) in [5.41, 5.74) is 0. The molecule has 0 aliphatic carbocycles. The molecule has 1 aromatic carbocycles. The summed E-state index contributed by atoms with van der Waals surface area (Å²) < 4.78 is 27.2. The number of carbonyl (C=O) groups excluding carboxylic acids is 1. The lowest BCUT2D eigenvalue weighted by atomic mass is 10.3. The van der Waals surface area contributed by atoms with Crippen LogP contribution in [-0.4, -0.2) is 48.1 Å². The Hall–Kier alpha value is -0.960. The number of quaternary nitrogens is 1. The lowest BCUT2D eigenvalue weighted by Crippen LogP contribution is -3.05. The molecule has 8 heteroatoms. The van der Waals surface area contributed by atoms with Gasteiger partial charge in [0.25, 0.3) is 0 Å². The van der Waals surface area contributed by atoms with Gasteiger partial charge in [0, 0.05) is 30.4 Å². The van der Waals surface area contributed by atoms with E-state index in [-0.39, 0.29) is 23.8 Å². The number of hydrogen-bond acceptors (Lipinski definition) is 3. The van der Waals surface area contributed by atoms with E-state index >= 15 is 0 Å². The van der Waals surface area contributed by atoms with Crippen molar-refractivity contribution in [1.82, 2.24) is 10.0 Å². The summed E-state index contributed by atoms with van der Waals surface area (Å²) in [6, 6.07) is 6.34. The average molecular weight is 393 g/mol. The highest BCUT2D eigenvalue weighted by atomic mass is 79.9. The zero-order valence-corrected chi connectivity index (χ0v) is 15.3. The van der Waals surface area contributed by atoms with Crippen LogP contribution >= 0.6 is 15.9 Å². The van der Waals surface area contributed by atoms with Crippen molar-refractivity contribution in [2.45, 2.75) is 17.7 Å². The van der Waals surface area contributed by atoms with E-state index in [4.69, 9.17) is 0 Å². The molecule has 0 heterocycles. The van der Waals surface area contributed by atoms with Crippen LogP contribution in [0.5, 0.6) is 0 Å². The molecule has 0 spiro atoms. The predicted molar refractivity (Wildman–Crippen MR) is 89.3 cm³/mol. The van der Waals surface area contributed by atoms with E-state index in [0.717, 1.165) is 17.4 Å². The number of halogens is 1. The minimum absolute atomic E-state index is 0.0865. The Labute approximate surface area is 140 Å². The number of hydrogen-bond donors (Lipinski definition) is 3. The third-order valence-electron chi connectivity index (χ3n) is 2.94. The van der Waals surface area contributed by atoms with Crippen LogP contribution in [0.3, 0.4) is 0 Å². The molecular formula is C14H23BrN3O3S+. The number of rotatable bonds is 9. The average Bonchev–Trinajstić information content (AvgIpc) is 2.43. The first kappa shape index (κ1) is 19.1. The van der Waals surface area contributed by atoms with Crippen LogP contribution in [0, 0.1) is 0 Å². The van der Waals surface area contributed by atoms with E-state index in [1.807, 2.05) is 0 Å². The molecule has 0 atom stereocenters. The van der Waals surface area contributed by atoms with Crippen LogP contribution in [0.25, 0.3) is 0 Å². The van der Waals surface area contributed by atoms with Crippen molar-refractivity contribution in [3.63, 3.8) is 0 Å². The van der Waals surface area contributed by atoms with Crippen LogP contribution in [0.1, 0.15) is 12.8 Å². The molecule has 0 bridgehead atoms. The second-order valence-corrected chi connectivity index (χ2v) is 7.94. The Bertz CT molecular complexity index is 574. The van der Waals surface area contributed by atoms with Crippen molar-refractivity contribution < 1.29 is 18.1 Å². The third kappa shape index (κ3) is 7.35. The summed E-state index contributed by atoms with van der Waals surface area (Å²) in [5, 5.41) is 2.78. The zero-order chi connectivity index (χ0) is 16.6. The van der Waals surface area contributed by atoms with Crippen LogP contribution < -0.4 is 14.9 Å². The smallest absolute Gasteiger partial charge is 0.240 e. The molecular weight excluding hydrogens is 370 g/mol.